The molecule has 0 saturated heterocycles. The number of anilines is 1. The van der Waals surface area contributed by atoms with Gasteiger partial charge < -0.3 is 15.4 Å². The minimum atomic E-state index is -0.912. The molecular formula is C19H19N3O5S. The van der Waals surface area contributed by atoms with E-state index in [4.69, 9.17) is 4.74 Å². The van der Waals surface area contributed by atoms with Crippen molar-refractivity contribution in [2.75, 3.05) is 5.32 Å². The molecule has 28 heavy (non-hydrogen) atoms. The maximum Gasteiger partial charge on any atom is 0.408 e. The second kappa shape index (κ2) is 7.16. The van der Waals surface area contributed by atoms with E-state index < -0.39 is 29.4 Å². The van der Waals surface area contributed by atoms with Gasteiger partial charge in [0, 0.05) is 11.6 Å². The molecule has 1 aliphatic carbocycles. The van der Waals surface area contributed by atoms with E-state index in [1.807, 2.05) is 0 Å². The van der Waals surface area contributed by atoms with Gasteiger partial charge in [-0.15, -0.1) is 11.3 Å². The summed E-state index contributed by atoms with van der Waals surface area (Å²) in [6.45, 7) is 6.62. The first kappa shape index (κ1) is 19.7. The number of alkyl carbamates (subject to hydrolysis) is 1. The Morgan fingerprint density at radius 2 is 1.93 bits per heavy atom. The first-order chi connectivity index (χ1) is 13.1. The fourth-order valence-electron chi connectivity index (χ4n) is 2.64. The van der Waals surface area contributed by atoms with Crippen molar-refractivity contribution in [3.8, 4) is 0 Å². The van der Waals surface area contributed by atoms with Crippen LogP contribution in [0.2, 0.25) is 0 Å². The molecule has 2 N–H and O–H groups in total. The molecule has 2 aromatic heterocycles. The maximum atomic E-state index is 12.8. The molecule has 0 unspecified atom stereocenters. The number of rotatable bonds is 3. The molecule has 1 aliphatic rings. The molecule has 8 nitrogen and oxygen atoms in total. The van der Waals surface area contributed by atoms with Crippen molar-refractivity contribution >= 4 is 40.6 Å². The number of carbonyl (C=O) groups is 4. The molecule has 0 aromatic carbocycles. The van der Waals surface area contributed by atoms with E-state index in [0.29, 0.717) is 0 Å². The average Bonchev–Trinajstić information content (AvgIpc) is 3.02. The van der Waals surface area contributed by atoms with Crippen LogP contribution >= 0.6 is 11.3 Å². The highest BCUT2D eigenvalue weighted by molar-refractivity contribution is 7.13. The van der Waals surface area contributed by atoms with Crippen LogP contribution in [0.1, 0.15) is 59.0 Å². The SMILES string of the molecule is C[C@H](NC(=O)OC(C)(C)C)C(=O)Nc1csc2c1C(=O)c1ncccc1C2=O. The highest BCUT2D eigenvalue weighted by atomic mass is 32.1. The number of nitrogens with one attached hydrogen (secondary N) is 2. The van der Waals surface area contributed by atoms with Crippen molar-refractivity contribution in [1.82, 2.24) is 10.3 Å². The predicted octanol–water partition coefficient (Wildman–Crippen LogP) is 2.77. The van der Waals surface area contributed by atoms with Gasteiger partial charge in [-0.25, -0.2) is 4.79 Å². The summed E-state index contributed by atoms with van der Waals surface area (Å²) in [6.07, 6.45) is 0.707. The standard InChI is InChI=1S/C19H19N3O5S/c1-9(21-18(26)27-19(2,3)4)17(25)22-11-8-28-16-12(11)15(24)13-10(14(16)23)6-5-7-20-13/h5-9H,1-4H3,(H,21,26)(H,22,25)/t9-/m0/s1. The van der Waals surface area contributed by atoms with Crippen molar-refractivity contribution in [3.05, 3.63) is 45.4 Å². The molecule has 3 rings (SSSR count). The van der Waals surface area contributed by atoms with Gasteiger partial charge in [0.25, 0.3) is 0 Å². The molecule has 0 saturated carbocycles. The van der Waals surface area contributed by atoms with Crippen molar-refractivity contribution in [1.29, 1.82) is 0 Å². The number of nitrogens with zero attached hydrogens (tertiary/aromatic N) is 1. The zero-order valence-electron chi connectivity index (χ0n) is 15.8. The monoisotopic (exact) mass is 401 g/mol. The van der Waals surface area contributed by atoms with Crippen molar-refractivity contribution < 1.29 is 23.9 Å². The van der Waals surface area contributed by atoms with E-state index in [2.05, 4.69) is 15.6 Å². The van der Waals surface area contributed by atoms with Crippen LogP contribution in [0.15, 0.2) is 23.7 Å². The first-order valence-corrected chi connectivity index (χ1v) is 9.42. The lowest BCUT2D eigenvalue weighted by molar-refractivity contribution is -0.117. The Morgan fingerprint density at radius 3 is 2.61 bits per heavy atom. The Balaban J connectivity index is 1.77. The molecule has 1 atom stereocenters. The van der Waals surface area contributed by atoms with Crippen LogP contribution in [-0.4, -0.2) is 40.2 Å². The van der Waals surface area contributed by atoms with Crippen LogP contribution in [-0.2, 0) is 9.53 Å². The van der Waals surface area contributed by atoms with Crippen LogP contribution in [0.5, 0.6) is 0 Å². The summed E-state index contributed by atoms with van der Waals surface area (Å²) in [6, 6.07) is 2.23. The molecule has 2 amide bonds. The lowest BCUT2D eigenvalue weighted by Crippen LogP contribution is -2.44. The number of fused-ring (bicyclic) bond motifs is 2. The van der Waals surface area contributed by atoms with Gasteiger partial charge in [-0.1, -0.05) is 0 Å². The van der Waals surface area contributed by atoms with E-state index >= 15 is 0 Å². The van der Waals surface area contributed by atoms with Gasteiger partial charge in [-0.05, 0) is 39.8 Å². The molecule has 0 aliphatic heterocycles. The second-order valence-corrected chi connectivity index (χ2v) is 8.15. The number of thiophene rings is 1. The number of aromatic nitrogens is 1. The molecule has 9 heteroatoms. The fraction of sp³-hybridized carbons (Fsp3) is 0.316. The second-order valence-electron chi connectivity index (χ2n) is 7.27. The summed E-state index contributed by atoms with van der Waals surface area (Å²) in [4.78, 5) is 53.9. The Hall–Kier alpha value is -3.07. The van der Waals surface area contributed by atoms with Gasteiger partial charge in [-0.3, -0.25) is 19.4 Å². The molecule has 0 radical (unpaired) electrons. The smallest absolute Gasteiger partial charge is 0.408 e. The normalized spacial score (nSPS) is 14.0. The number of ketones is 2. The van der Waals surface area contributed by atoms with Gasteiger partial charge in [0.2, 0.25) is 17.5 Å². The summed E-state index contributed by atoms with van der Waals surface area (Å²) in [7, 11) is 0. The Labute approximate surface area is 165 Å². The molecule has 0 bridgehead atoms. The van der Waals surface area contributed by atoms with Gasteiger partial charge in [0.15, 0.2) is 0 Å². The van der Waals surface area contributed by atoms with Gasteiger partial charge in [-0.2, -0.15) is 0 Å². The third-order valence-corrected chi connectivity index (χ3v) is 4.85. The predicted molar refractivity (Wildman–Crippen MR) is 103 cm³/mol. The summed E-state index contributed by atoms with van der Waals surface area (Å²) in [5, 5.41) is 6.56. The van der Waals surface area contributed by atoms with E-state index in [-0.39, 0.29) is 33.2 Å². The van der Waals surface area contributed by atoms with E-state index in [1.54, 1.807) is 32.9 Å². The van der Waals surface area contributed by atoms with Gasteiger partial charge >= 0.3 is 6.09 Å². The highest BCUT2D eigenvalue weighted by Crippen LogP contribution is 2.35. The number of hydrogen-bond donors (Lipinski definition) is 2. The van der Waals surface area contributed by atoms with E-state index in [0.717, 1.165) is 11.3 Å². The first-order valence-electron chi connectivity index (χ1n) is 8.55. The van der Waals surface area contributed by atoms with Gasteiger partial charge in [0.1, 0.15) is 17.3 Å². The third-order valence-electron chi connectivity index (χ3n) is 3.88. The summed E-state index contributed by atoms with van der Waals surface area (Å²) >= 11 is 1.08. The molecule has 2 heterocycles. The largest absolute Gasteiger partial charge is 0.444 e. The van der Waals surface area contributed by atoms with E-state index in [1.165, 1.54) is 18.5 Å². The van der Waals surface area contributed by atoms with Crippen molar-refractivity contribution in [3.63, 3.8) is 0 Å². The van der Waals surface area contributed by atoms with Crippen LogP contribution in [0.4, 0.5) is 10.5 Å². The van der Waals surface area contributed by atoms with Crippen LogP contribution in [0.25, 0.3) is 0 Å². The number of pyridine rings is 1. The minimum Gasteiger partial charge on any atom is -0.444 e. The molecule has 146 valence electrons. The van der Waals surface area contributed by atoms with Crippen LogP contribution in [0, 0.1) is 0 Å². The zero-order chi connectivity index (χ0) is 20.6. The molecule has 0 spiro atoms. The molecular weight excluding hydrogens is 382 g/mol. The van der Waals surface area contributed by atoms with Crippen LogP contribution < -0.4 is 10.6 Å². The number of ether oxygens (including phenoxy) is 1. The van der Waals surface area contributed by atoms with Gasteiger partial charge in [0.05, 0.1) is 21.7 Å². The Morgan fingerprint density at radius 1 is 1.21 bits per heavy atom. The summed E-state index contributed by atoms with van der Waals surface area (Å²) < 4.78 is 5.12. The average molecular weight is 401 g/mol. The van der Waals surface area contributed by atoms with Crippen molar-refractivity contribution in [2.24, 2.45) is 0 Å². The highest BCUT2D eigenvalue weighted by Gasteiger charge is 2.35. The van der Waals surface area contributed by atoms with E-state index in [9.17, 15) is 19.2 Å². The topological polar surface area (TPSA) is 114 Å². The molecule has 0 fully saturated rings. The minimum absolute atomic E-state index is 0.0637. The third kappa shape index (κ3) is 3.79. The molecule has 2 aromatic rings. The summed E-state index contributed by atoms with van der Waals surface area (Å²) in [5.74, 6) is -1.27. The van der Waals surface area contributed by atoms with Crippen LogP contribution in [0.3, 0.4) is 0 Å². The van der Waals surface area contributed by atoms with Crippen molar-refractivity contribution in [2.45, 2.75) is 39.3 Å². The fourth-order valence-corrected chi connectivity index (χ4v) is 3.59. The number of carbonyl (C=O) groups excluding carboxylic acids is 4. The number of hydrogen-bond acceptors (Lipinski definition) is 7. The lowest BCUT2D eigenvalue weighted by atomic mass is 9.92. The maximum absolute atomic E-state index is 12.8. The Kier molecular flexibility index (Phi) is 5.03. The zero-order valence-corrected chi connectivity index (χ0v) is 16.6. The lowest BCUT2D eigenvalue weighted by Gasteiger charge is -2.21. The summed E-state index contributed by atoms with van der Waals surface area (Å²) in [5.41, 5.74) is -0.0371. The number of amides is 2. The Bertz CT molecular complexity index is 990. The quantitative estimate of drug-likeness (QED) is 0.697.